The monoisotopic (exact) mass is 278 g/mol. The van der Waals surface area contributed by atoms with Crippen molar-refractivity contribution in [1.29, 1.82) is 5.26 Å². The molecular weight excluding hydrogens is 270 g/mol. The molecule has 0 amide bonds. The molecule has 100 valence electrons. The summed E-state index contributed by atoms with van der Waals surface area (Å²) < 4.78 is 28.5. The molecule has 1 aromatic carbocycles. The molecule has 0 atom stereocenters. The zero-order chi connectivity index (χ0) is 14.6. The Morgan fingerprint density at radius 2 is 1.76 bits per heavy atom. The molecule has 0 unspecified atom stereocenters. The Balaban J connectivity index is 2.10. The van der Waals surface area contributed by atoms with Crippen LogP contribution in [0.5, 0.6) is 0 Å². The van der Waals surface area contributed by atoms with Crippen LogP contribution in [0.1, 0.15) is 5.56 Å². The van der Waals surface area contributed by atoms with Gasteiger partial charge in [-0.25, -0.2) is 8.78 Å². The van der Waals surface area contributed by atoms with Crippen molar-refractivity contribution in [2.45, 2.75) is 0 Å². The summed E-state index contributed by atoms with van der Waals surface area (Å²) in [7, 11) is 0. The second kappa shape index (κ2) is 4.03. The van der Waals surface area contributed by atoms with Gasteiger partial charge in [-0.05, 0) is 42.0 Å². The maximum absolute atomic E-state index is 13.5. The SMILES string of the molecule is N#Cc1cc2c(-c3ccc(F)c(F)c3)cc3cccc1n32. The molecule has 4 rings (SSSR count). The van der Waals surface area contributed by atoms with Gasteiger partial charge in [-0.15, -0.1) is 0 Å². The average Bonchev–Trinajstić information content (AvgIpc) is 3.04. The van der Waals surface area contributed by atoms with Crippen LogP contribution in [-0.2, 0) is 0 Å². The lowest BCUT2D eigenvalue weighted by atomic mass is 10.1. The van der Waals surface area contributed by atoms with E-state index in [1.807, 2.05) is 28.7 Å². The largest absolute Gasteiger partial charge is 0.308 e. The third-order valence-corrected chi connectivity index (χ3v) is 3.74. The first-order valence-corrected chi connectivity index (χ1v) is 6.41. The van der Waals surface area contributed by atoms with Crippen molar-refractivity contribution in [2.24, 2.45) is 0 Å². The van der Waals surface area contributed by atoms with E-state index in [1.165, 1.54) is 6.07 Å². The first kappa shape index (κ1) is 11.9. The molecule has 0 aliphatic carbocycles. The summed E-state index contributed by atoms with van der Waals surface area (Å²) >= 11 is 0. The van der Waals surface area contributed by atoms with E-state index in [0.717, 1.165) is 28.2 Å². The molecule has 0 aliphatic heterocycles. The van der Waals surface area contributed by atoms with Crippen molar-refractivity contribution in [2.75, 3.05) is 0 Å². The molecule has 2 nitrogen and oxygen atoms in total. The number of nitrogens with zero attached hydrogens (tertiary/aromatic N) is 2. The van der Waals surface area contributed by atoms with E-state index in [2.05, 4.69) is 6.07 Å². The molecule has 0 aliphatic rings. The topological polar surface area (TPSA) is 28.2 Å². The highest BCUT2D eigenvalue weighted by molar-refractivity contribution is 5.93. The fourth-order valence-corrected chi connectivity index (χ4v) is 2.80. The number of halogens is 2. The standard InChI is InChI=1S/C17H8F2N2/c18-14-5-4-10(6-15(14)19)13-8-12-2-1-3-16-11(9-20)7-17(13)21(12)16/h1-8H. The number of benzene rings is 1. The zero-order valence-electron chi connectivity index (χ0n) is 10.8. The van der Waals surface area contributed by atoms with Gasteiger partial charge in [0, 0.05) is 11.1 Å². The summed E-state index contributed by atoms with van der Waals surface area (Å²) in [5.74, 6) is -1.74. The minimum Gasteiger partial charge on any atom is -0.308 e. The smallest absolute Gasteiger partial charge is 0.159 e. The summed E-state index contributed by atoms with van der Waals surface area (Å²) in [5, 5.41) is 9.21. The van der Waals surface area contributed by atoms with Gasteiger partial charge in [0.25, 0.3) is 0 Å². The van der Waals surface area contributed by atoms with E-state index in [4.69, 9.17) is 0 Å². The van der Waals surface area contributed by atoms with Gasteiger partial charge in [-0.3, -0.25) is 0 Å². The van der Waals surface area contributed by atoms with E-state index < -0.39 is 11.6 Å². The number of rotatable bonds is 1. The molecule has 0 fully saturated rings. The molecule has 21 heavy (non-hydrogen) atoms. The number of pyridine rings is 1. The third-order valence-electron chi connectivity index (χ3n) is 3.74. The number of aromatic nitrogens is 1. The first-order chi connectivity index (χ1) is 10.2. The Bertz CT molecular complexity index is 1020. The van der Waals surface area contributed by atoms with Crippen LogP contribution >= 0.6 is 0 Å². The van der Waals surface area contributed by atoms with Crippen molar-refractivity contribution in [1.82, 2.24) is 4.40 Å². The minimum atomic E-state index is -0.877. The Kier molecular flexibility index (Phi) is 2.28. The molecule has 0 radical (unpaired) electrons. The summed E-state index contributed by atoms with van der Waals surface area (Å²) in [5.41, 5.74) is 4.51. The quantitative estimate of drug-likeness (QED) is 0.509. The zero-order valence-corrected chi connectivity index (χ0v) is 10.8. The van der Waals surface area contributed by atoms with Gasteiger partial charge in [0.2, 0.25) is 0 Å². The van der Waals surface area contributed by atoms with Crippen molar-refractivity contribution < 1.29 is 8.78 Å². The first-order valence-electron chi connectivity index (χ1n) is 6.41. The van der Waals surface area contributed by atoms with Crippen LogP contribution in [-0.4, -0.2) is 4.40 Å². The summed E-state index contributed by atoms with van der Waals surface area (Å²) in [6.07, 6.45) is 0. The highest BCUT2D eigenvalue weighted by Gasteiger charge is 2.15. The van der Waals surface area contributed by atoms with Gasteiger partial charge in [-0.1, -0.05) is 12.1 Å². The van der Waals surface area contributed by atoms with Gasteiger partial charge in [-0.2, -0.15) is 5.26 Å². The Morgan fingerprint density at radius 3 is 2.52 bits per heavy atom. The number of nitriles is 1. The number of hydrogen-bond donors (Lipinski definition) is 0. The lowest BCUT2D eigenvalue weighted by Crippen LogP contribution is -1.84. The Morgan fingerprint density at radius 1 is 0.905 bits per heavy atom. The van der Waals surface area contributed by atoms with Crippen LogP contribution in [0.2, 0.25) is 0 Å². The van der Waals surface area contributed by atoms with Gasteiger partial charge < -0.3 is 4.40 Å². The van der Waals surface area contributed by atoms with E-state index in [9.17, 15) is 14.0 Å². The highest BCUT2D eigenvalue weighted by Crippen LogP contribution is 2.34. The summed E-state index contributed by atoms with van der Waals surface area (Å²) in [6.45, 7) is 0. The van der Waals surface area contributed by atoms with Gasteiger partial charge >= 0.3 is 0 Å². The lowest BCUT2D eigenvalue weighted by Gasteiger charge is -1.99. The maximum atomic E-state index is 13.5. The predicted octanol–water partition coefficient (Wildman–Crippen LogP) is 4.35. The lowest BCUT2D eigenvalue weighted by molar-refractivity contribution is 0.509. The second-order valence-electron chi connectivity index (χ2n) is 4.91. The maximum Gasteiger partial charge on any atom is 0.159 e. The fourth-order valence-electron chi connectivity index (χ4n) is 2.80. The second-order valence-corrected chi connectivity index (χ2v) is 4.91. The van der Waals surface area contributed by atoms with Crippen molar-refractivity contribution in [3.05, 3.63) is 65.7 Å². The average molecular weight is 278 g/mol. The molecule has 0 N–H and O–H groups in total. The van der Waals surface area contributed by atoms with Crippen LogP contribution in [0.25, 0.3) is 27.7 Å². The predicted molar refractivity (Wildman–Crippen MR) is 76.2 cm³/mol. The molecular formula is C17H8F2N2. The molecule has 4 aromatic rings. The van der Waals surface area contributed by atoms with Crippen LogP contribution in [0.15, 0.2) is 48.5 Å². The molecule has 0 saturated heterocycles. The Labute approximate surface area is 118 Å². The molecule has 3 heterocycles. The molecule has 0 bridgehead atoms. The summed E-state index contributed by atoms with van der Waals surface area (Å²) in [4.78, 5) is 0. The summed E-state index contributed by atoms with van der Waals surface area (Å²) in [6, 6.07) is 15.4. The third kappa shape index (κ3) is 1.55. The Hall–Kier alpha value is -2.93. The van der Waals surface area contributed by atoms with Gasteiger partial charge in [0.15, 0.2) is 11.6 Å². The number of hydrogen-bond acceptors (Lipinski definition) is 1. The molecule has 4 heteroatoms. The van der Waals surface area contributed by atoms with Crippen molar-refractivity contribution in [3.63, 3.8) is 0 Å². The highest BCUT2D eigenvalue weighted by atomic mass is 19.2. The van der Waals surface area contributed by atoms with Crippen LogP contribution in [0.3, 0.4) is 0 Å². The van der Waals surface area contributed by atoms with Crippen molar-refractivity contribution in [3.8, 4) is 17.2 Å². The van der Waals surface area contributed by atoms with Crippen LogP contribution in [0, 0.1) is 23.0 Å². The normalized spacial score (nSPS) is 11.3. The molecule has 0 spiro atoms. The van der Waals surface area contributed by atoms with E-state index in [0.29, 0.717) is 11.1 Å². The van der Waals surface area contributed by atoms with Gasteiger partial charge in [0.1, 0.15) is 6.07 Å². The van der Waals surface area contributed by atoms with Crippen molar-refractivity contribution >= 4 is 16.6 Å². The van der Waals surface area contributed by atoms with Crippen LogP contribution in [0.4, 0.5) is 8.78 Å². The van der Waals surface area contributed by atoms with Gasteiger partial charge in [0.05, 0.1) is 16.6 Å². The molecule has 3 aromatic heterocycles. The van der Waals surface area contributed by atoms with Crippen LogP contribution < -0.4 is 0 Å². The van der Waals surface area contributed by atoms with E-state index >= 15 is 0 Å². The fraction of sp³-hybridized carbons (Fsp3) is 0. The minimum absolute atomic E-state index is 0.569. The van der Waals surface area contributed by atoms with E-state index in [1.54, 1.807) is 12.1 Å². The molecule has 0 saturated carbocycles. The van der Waals surface area contributed by atoms with E-state index in [-0.39, 0.29) is 0 Å².